The van der Waals surface area contributed by atoms with Crippen molar-refractivity contribution in [2.75, 3.05) is 0 Å². The zero-order chi connectivity index (χ0) is 9.26. The largest absolute Gasteiger partial charge is 0.490 e. The van der Waals surface area contributed by atoms with E-state index in [1.807, 2.05) is 0 Å². The Balaban J connectivity index is 2.10. The van der Waals surface area contributed by atoms with E-state index in [4.69, 9.17) is 4.74 Å². The van der Waals surface area contributed by atoms with Crippen molar-refractivity contribution in [1.82, 2.24) is 0 Å². The lowest BCUT2D eigenvalue weighted by Gasteiger charge is -2.26. The molecule has 0 bridgehead atoms. The van der Waals surface area contributed by atoms with E-state index in [1.165, 1.54) is 30.4 Å². The summed E-state index contributed by atoms with van der Waals surface area (Å²) in [5, 5.41) is 0. The summed E-state index contributed by atoms with van der Waals surface area (Å²) in [6.07, 6.45) is 4.27. The highest BCUT2D eigenvalue weighted by atomic mass is 16.5. The maximum atomic E-state index is 5.81. The summed E-state index contributed by atoms with van der Waals surface area (Å²) >= 11 is 0. The molecule has 70 valence electrons. The lowest BCUT2D eigenvalue weighted by molar-refractivity contribution is 0.120. The van der Waals surface area contributed by atoms with Crippen molar-refractivity contribution >= 4 is 0 Å². The Morgan fingerprint density at radius 1 is 1.08 bits per heavy atom. The van der Waals surface area contributed by atoms with Crippen LogP contribution in [0.4, 0.5) is 0 Å². The molecular formula is C12H16O. The first-order valence-electron chi connectivity index (χ1n) is 4.99. The van der Waals surface area contributed by atoms with Crippen LogP contribution < -0.4 is 4.74 Å². The van der Waals surface area contributed by atoms with Crippen LogP contribution in [0.1, 0.15) is 30.4 Å². The fraction of sp³-hybridized carbons (Fsp3) is 0.500. The summed E-state index contributed by atoms with van der Waals surface area (Å²) in [5.41, 5.74) is 2.57. The van der Waals surface area contributed by atoms with Crippen LogP contribution in [0.2, 0.25) is 0 Å². The number of hydrogen-bond donors (Lipinski definition) is 0. The van der Waals surface area contributed by atoms with Gasteiger partial charge in [0.1, 0.15) is 5.75 Å². The molecule has 1 saturated carbocycles. The predicted molar refractivity (Wildman–Crippen MR) is 54.2 cm³/mol. The van der Waals surface area contributed by atoms with Gasteiger partial charge in [-0.25, -0.2) is 0 Å². The van der Waals surface area contributed by atoms with Gasteiger partial charge in [0.05, 0.1) is 6.10 Å². The molecule has 0 spiro atoms. The molecule has 1 aromatic carbocycles. The Labute approximate surface area is 79.7 Å². The Kier molecular flexibility index (Phi) is 2.26. The highest BCUT2D eigenvalue weighted by Crippen LogP contribution is 2.26. The number of hydrogen-bond acceptors (Lipinski definition) is 1. The Bertz CT molecular complexity index is 280. The highest BCUT2D eigenvalue weighted by Gasteiger charge is 2.18. The predicted octanol–water partition coefficient (Wildman–Crippen LogP) is 3.23. The van der Waals surface area contributed by atoms with Gasteiger partial charge < -0.3 is 4.74 Å². The van der Waals surface area contributed by atoms with E-state index in [0.717, 1.165) is 5.75 Å². The number of rotatable bonds is 2. The van der Waals surface area contributed by atoms with E-state index in [2.05, 4.69) is 32.0 Å². The van der Waals surface area contributed by atoms with E-state index < -0.39 is 0 Å². The lowest BCUT2D eigenvalue weighted by atomic mass is 9.96. The van der Waals surface area contributed by atoms with Gasteiger partial charge >= 0.3 is 0 Å². The van der Waals surface area contributed by atoms with Crippen molar-refractivity contribution in [2.45, 2.75) is 39.2 Å². The third-order valence-electron chi connectivity index (χ3n) is 2.55. The van der Waals surface area contributed by atoms with Crippen LogP contribution in [0.15, 0.2) is 18.2 Å². The van der Waals surface area contributed by atoms with Gasteiger partial charge in [-0.05, 0) is 56.4 Å². The summed E-state index contributed by atoms with van der Waals surface area (Å²) in [7, 11) is 0. The maximum Gasteiger partial charge on any atom is 0.120 e. The first-order chi connectivity index (χ1) is 6.24. The number of benzene rings is 1. The third-order valence-corrected chi connectivity index (χ3v) is 2.55. The molecule has 0 aromatic heterocycles. The number of aryl methyl sites for hydroxylation is 2. The number of ether oxygens (including phenoxy) is 1. The maximum absolute atomic E-state index is 5.81. The average molecular weight is 176 g/mol. The van der Waals surface area contributed by atoms with Crippen LogP contribution in [0, 0.1) is 13.8 Å². The van der Waals surface area contributed by atoms with Crippen LogP contribution in [0.5, 0.6) is 5.75 Å². The summed E-state index contributed by atoms with van der Waals surface area (Å²) in [6, 6.07) is 6.41. The van der Waals surface area contributed by atoms with Crippen molar-refractivity contribution in [3.8, 4) is 5.75 Å². The Hall–Kier alpha value is -0.980. The molecular weight excluding hydrogens is 160 g/mol. The molecule has 1 fully saturated rings. The van der Waals surface area contributed by atoms with Gasteiger partial charge in [0.25, 0.3) is 0 Å². The molecule has 2 rings (SSSR count). The van der Waals surface area contributed by atoms with E-state index in [0.29, 0.717) is 6.10 Å². The normalized spacial score (nSPS) is 16.8. The molecule has 0 unspecified atom stereocenters. The quantitative estimate of drug-likeness (QED) is 0.672. The summed E-state index contributed by atoms with van der Waals surface area (Å²) < 4.78 is 5.81. The average Bonchev–Trinajstić information content (AvgIpc) is 1.95. The van der Waals surface area contributed by atoms with Crippen LogP contribution in [-0.2, 0) is 0 Å². The zero-order valence-corrected chi connectivity index (χ0v) is 8.34. The first-order valence-corrected chi connectivity index (χ1v) is 4.99. The molecule has 0 radical (unpaired) electrons. The van der Waals surface area contributed by atoms with Crippen molar-refractivity contribution in [3.63, 3.8) is 0 Å². The van der Waals surface area contributed by atoms with Crippen molar-refractivity contribution < 1.29 is 4.74 Å². The molecule has 0 saturated heterocycles. The highest BCUT2D eigenvalue weighted by molar-refractivity contribution is 5.33. The molecule has 1 aliphatic carbocycles. The standard InChI is InChI=1S/C12H16O/c1-9-6-10(2)8-12(7-9)13-11-4-3-5-11/h6-8,11H,3-5H2,1-2H3. The first kappa shape index (κ1) is 8.61. The van der Waals surface area contributed by atoms with Crippen LogP contribution in [-0.4, -0.2) is 6.10 Å². The Morgan fingerprint density at radius 2 is 1.69 bits per heavy atom. The molecule has 1 nitrogen and oxygen atoms in total. The molecule has 0 aliphatic heterocycles. The molecule has 13 heavy (non-hydrogen) atoms. The fourth-order valence-electron chi connectivity index (χ4n) is 1.68. The minimum atomic E-state index is 0.487. The van der Waals surface area contributed by atoms with Crippen LogP contribution >= 0.6 is 0 Å². The molecule has 1 aliphatic rings. The molecule has 0 atom stereocenters. The van der Waals surface area contributed by atoms with Gasteiger partial charge in [0, 0.05) is 0 Å². The minimum Gasteiger partial charge on any atom is -0.490 e. The van der Waals surface area contributed by atoms with E-state index in [9.17, 15) is 0 Å². The van der Waals surface area contributed by atoms with Crippen molar-refractivity contribution in [1.29, 1.82) is 0 Å². The summed E-state index contributed by atoms with van der Waals surface area (Å²) in [5.74, 6) is 1.04. The summed E-state index contributed by atoms with van der Waals surface area (Å²) in [4.78, 5) is 0. The molecule has 1 aromatic rings. The second-order valence-electron chi connectivity index (χ2n) is 3.99. The molecule has 0 N–H and O–H groups in total. The van der Waals surface area contributed by atoms with Gasteiger partial charge in [-0.1, -0.05) is 6.07 Å². The van der Waals surface area contributed by atoms with E-state index >= 15 is 0 Å². The van der Waals surface area contributed by atoms with Gasteiger partial charge in [-0.15, -0.1) is 0 Å². The fourth-order valence-corrected chi connectivity index (χ4v) is 1.68. The molecule has 1 heteroatoms. The van der Waals surface area contributed by atoms with E-state index in [1.54, 1.807) is 0 Å². The van der Waals surface area contributed by atoms with Crippen LogP contribution in [0.25, 0.3) is 0 Å². The topological polar surface area (TPSA) is 9.23 Å². The van der Waals surface area contributed by atoms with Gasteiger partial charge in [0.2, 0.25) is 0 Å². The third kappa shape index (κ3) is 2.03. The van der Waals surface area contributed by atoms with Crippen LogP contribution in [0.3, 0.4) is 0 Å². The second kappa shape index (κ2) is 3.41. The van der Waals surface area contributed by atoms with Crippen molar-refractivity contribution in [2.24, 2.45) is 0 Å². The monoisotopic (exact) mass is 176 g/mol. The van der Waals surface area contributed by atoms with E-state index in [-0.39, 0.29) is 0 Å². The lowest BCUT2D eigenvalue weighted by Crippen LogP contribution is -2.24. The summed E-state index contributed by atoms with van der Waals surface area (Å²) in [6.45, 7) is 4.22. The van der Waals surface area contributed by atoms with Gasteiger partial charge in [-0.3, -0.25) is 0 Å². The molecule has 0 heterocycles. The smallest absolute Gasteiger partial charge is 0.120 e. The molecule has 0 amide bonds. The van der Waals surface area contributed by atoms with Crippen molar-refractivity contribution in [3.05, 3.63) is 29.3 Å². The second-order valence-corrected chi connectivity index (χ2v) is 3.99. The zero-order valence-electron chi connectivity index (χ0n) is 8.34. The SMILES string of the molecule is Cc1cc(C)cc(OC2CCC2)c1. The van der Waals surface area contributed by atoms with Gasteiger partial charge in [-0.2, -0.15) is 0 Å². The minimum absolute atomic E-state index is 0.487. The Morgan fingerprint density at radius 3 is 2.15 bits per heavy atom. The van der Waals surface area contributed by atoms with Gasteiger partial charge in [0.15, 0.2) is 0 Å².